The fraction of sp³-hybridized carbons (Fsp3) is 0.267. The van der Waals surface area contributed by atoms with Gasteiger partial charge in [-0.2, -0.15) is 5.10 Å². The van der Waals surface area contributed by atoms with Crippen molar-refractivity contribution in [2.75, 3.05) is 27.9 Å². The fourth-order valence-corrected chi connectivity index (χ4v) is 3.96. The molecule has 0 saturated heterocycles. The van der Waals surface area contributed by atoms with Gasteiger partial charge in [-0.15, -0.1) is 0 Å². The largest absolute Gasteiger partial charge is 0.493 e. The van der Waals surface area contributed by atoms with E-state index < -0.39 is 5.97 Å². The molecule has 41 heavy (non-hydrogen) atoms. The van der Waals surface area contributed by atoms with Crippen molar-refractivity contribution in [3.05, 3.63) is 82.4 Å². The minimum atomic E-state index is -0.596. The van der Waals surface area contributed by atoms with Crippen LogP contribution in [-0.4, -0.2) is 51.9 Å². The van der Waals surface area contributed by atoms with Gasteiger partial charge in [0.1, 0.15) is 0 Å². The maximum atomic E-state index is 12.7. The van der Waals surface area contributed by atoms with Gasteiger partial charge in [0.15, 0.2) is 23.0 Å². The molecule has 2 amide bonds. The fourth-order valence-electron chi connectivity index (χ4n) is 3.74. The molecule has 0 heterocycles. The molecule has 216 valence electrons. The van der Waals surface area contributed by atoms with Crippen LogP contribution in [0.1, 0.15) is 52.0 Å². The van der Waals surface area contributed by atoms with Gasteiger partial charge in [-0.3, -0.25) is 9.59 Å². The van der Waals surface area contributed by atoms with Gasteiger partial charge in [-0.1, -0.05) is 30.2 Å². The van der Waals surface area contributed by atoms with E-state index in [4.69, 9.17) is 30.5 Å². The zero-order valence-electron chi connectivity index (χ0n) is 23.1. The lowest BCUT2D eigenvalue weighted by Gasteiger charge is -2.11. The van der Waals surface area contributed by atoms with Gasteiger partial charge in [0.05, 0.1) is 43.7 Å². The Hall–Kier alpha value is -4.57. The summed E-state index contributed by atoms with van der Waals surface area (Å²) in [7, 11) is 4.44. The molecule has 0 unspecified atom stereocenters. The maximum absolute atomic E-state index is 12.7. The summed E-state index contributed by atoms with van der Waals surface area (Å²) in [4.78, 5) is 36.9. The number of unbranched alkanes of at least 4 members (excludes halogenated alkanes) is 2. The summed E-state index contributed by atoms with van der Waals surface area (Å²) in [6.07, 6.45) is 3.90. The van der Waals surface area contributed by atoms with Gasteiger partial charge >= 0.3 is 5.97 Å². The van der Waals surface area contributed by atoms with Crippen molar-refractivity contribution in [1.29, 1.82) is 0 Å². The number of benzene rings is 3. The Morgan fingerprint density at radius 1 is 0.829 bits per heavy atom. The Morgan fingerprint density at radius 3 is 2.27 bits per heavy atom. The van der Waals surface area contributed by atoms with E-state index in [9.17, 15) is 14.4 Å². The lowest BCUT2D eigenvalue weighted by atomic mass is 10.1. The number of carbonyl (C=O) groups excluding carboxylic acids is 3. The standard InChI is InChI=1S/C30H32ClN3O7/c1-38-24-15-13-21(18-27(24)40-3)30(37)41-25-14-12-20(17-26(25)39-2)19-33-34-28(35)11-5-4-8-16-32-29(36)22-9-6-7-10-23(22)31/h6-7,9-10,12-15,17-19H,4-5,8,11,16H2,1-3H3,(H,32,36)(H,34,35). The number of halogens is 1. The van der Waals surface area contributed by atoms with E-state index in [1.165, 1.54) is 33.6 Å². The smallest absolute Gasteiger partial charge is 0.343 e. The number of hydrazone groups is 1. The molecule has 0 atom stereocenters. The molecule has 0 saturated carbocycles. The first kappa shape index (κ1) is 31.0. The number of esters is 1. The van der Waals surface area contributed by atoms with Crippen LogP contribution in [0.2, 0.25) is 5.02 Å². The molecular weight excluding hydrogens is 550 g/mol. The molecule has 3 aromatic rings. The lowest BCUT2D eigenvalue weighted by molar-refractivity contribution is -0.121. The highest BCUT2D eigenvalue weighted by Gasteiger charge is 2.16. The number of methoxy groups -OCH3 is 3. The third kappa shape index (κ3) is 9.25. The number of nitrogens with one attached hydrogen (secondary N) is 2. The Kier molecular flexibility index (Phi) is 12.0. The highest BCUT2D eigenvalue weighted by molar-refractivity contribution is 6.33. The van der Waals surface area contributed by atoms with Crippen LogP contribution in [0.3, 0.4) is 0 Å². The van der Waals surface area contributed by atoms with Crippen LogP contribution in [0.5, 0.6) is 23.0 Å². The van der Waals surface area contributed by atoms with Gasteiger partial charge in [-0.05, 0) is 66.9 Å². The number of hydrogen-bond acceptors (Lipinski definition) is 8. The predicted octanol–water partition coefficient (Wildman–Crippen LogP) is 5.03. The van der Waals surface area contributed by atoms with E-state index in [0.29, 0.717) is 52.8 Å². The minimum absolute atomic E-state index is 0.219. The van der Waals surface area contributed by atoms with Gasteiger partial charge in [0, 0.05) is 13.0 Å². The van der Waals surface area contributed by atoms with E-state index in [1.54, 1.807) is 54.6 Å². The zero-order chi connectivity index (χ0) is 29.6. The van der Waals surface area contributed by atoms with Crippen LogP contribution in [0.4, 0.5) is 0 Å². The third-order valence-corrected chi connectivity index (χ3v) is 6.23. The first-order valence-electron chi connectivity index (χ1n) is 12.8. The molecule has 0 aliphatic carbocycles. The Morgan fingerprint density at radius 2 is 1.54 bits per heavy atom. The second-order valence-electron chi connectivity index (χ2n) is 8.71. The molecule has 0 fully saturated rings. The molecule has 0 aromatic heterocycles. The van der Waals surface area contributed by atoms with Crippen LogP contribution in [0, 0.1) is 0 Å². The third-order valence-electron chi connectivity index (χ3n) is 5.90. The van der Waals surface area contributed by atoms with Crippen molar-refractivity contribution in [2.24, 2.45) is 5.10 Å². The predicted molar refractivity (Wildman–Crippen MR) is 155 cm³/mol. The van der Waals surface area contributed by atoms with Gasteiger partial charge < -0.3 is 24.3 Å². The van der Waals surface area contributed by atoms with Gasteiger partial charge in [0.2, 0.25) is 5.91 Å². The molecule has 11 heteroatoms. The van der Waals surface area contributed by atoms with Crippen LogP contribution >= 0.6 is 11.6 Å². The SMILES string of the molecule is COc1ccc(C(=O)Oc2ccc(C=NNC(=O)CCCCCNC(=O)c3ccccc3Cl)cc2OC)cc1OC. The molecule has 10 nitrogen and oxygen atoms in total. The summed E-state index contributed by atoms with van der Waals surface area (Å²) in [5, 5.41) is 7.22. The van der Waals surface area contributed by atoms with Crippen molar-refractivity contribution < 1.29 is 33.3 Å². The van der Waals surface area contributed by atoms with Gasteiger partial charge in [-0.25, -0.2) is 10.2 Å². The summed E-state index contributed by atoms with van der Waals surface area (Å²) in [6, 6.07) is 16.5. The van der Waals surface area contributed by atoms with E-state index in [-0.39, 0.29) is 23.1 Å². The molecule has 0 aliphatic heterocycles. The van der Waals surface area contributed by atoms with Crippen LogP contribution < -0.4 is 29.7 Å². The molecule has 0 bridgehead atoms. The normalized spacial score (nSPS) is 10.6. The van der Waals surface area contributed by atoms with Gasteiger partial charge in [0.25, 0.3) is 5.91 Å². The van der Waals surface area contributed by atoms with Crippen molar-refractivity contribution in [1.82, 2.24) is 10.7 Å². The molecule has 0 radical (unpaired) electrons. The first-order chi connectivity index (χ1) is 19.9. The Labute approximate surface area is 243 Å². The molecular formula is C30H32ClN3O7. The average molecular weight is 582 g/mol. The Bertz CT molecular complexity index is 1390. The van der Waals surface area contributed by atoms with E-state index >= 15 is 0 Å². The number of nitrogens with zero attached hydrogens (tertiary/aromatic N) is 1. The number of ether oxygens (including phenoxy) is 4. The van der Waals surface area contributed by atoms with Crippen molar-refractivity contribution in [2.45, 2.75) is 25.7 Å². The Balaban J connectivity index is 1.41. The molecule has 3 aromatic carbocycles. The summed E-state index contributed by atoms with van der Waals surface area (Å²) in [5.74, 6) is 0.388. The first-order valence-corrected chi connectivity index (χ1v) is 13.2. The number of amides is 2. The molecule has 3 rings (SSSR count). The number of rotatable bonds is 14. The van der Waals surface area contributed by atoms with Crippen molar-refractivity contribution in [3.8, 4) is 23.0 Å². The highest BCUT2D eigenvalue weighted by Crippen LogP contribution is 2.31. The lowest BCUT2D eigenvalue weighted by Crippen LogP contribution is -2.24. The van der Waals surface area contributed by atoms with E-state index in [2.05, 4.69) is 15.8 Å². The minimum Gasteiger partial charge on any atom is -0.493 e. The summed E-state index contributed by atoms with van der Waals surface area (Å²) < 4.78 is 21.3. The quantitative estimate of drug-likeness (QED) is 0.0900. The maximum Gasteiger partial charge on any atom is 0.343 e. The topological polar surface area (TPSA) is 125 Å². The van der Waals surface area contributed by atoms with E-state index in [1.807, 2.05) is 0 Å². The second kappa shape index (κ2) is 15.9. The summed E-state index contributed by atoms with van der Waals surface area (Å²) in [5.41, 5.74) is 3.84. The van der Waals surface area contributed by atoms with Crippen LogP contribution in [0.15, 0.2) is 65.8 Å². The second-order valence-corrected chi connectivity index (χ2v) is 9.12. The average Bonchev–Trinajstić information content (AvgIpc) is 2.99. The summed E-state index contributed by atoms with van der Waals surface area (Å²) in [6.45, 7) is 0.491. The number of hydrogen-bond donors (Lipinski definition) is 2. The zero-order valence-corrected chi connectivity index (χ0v) is 23.8. The van der Waals surface area contributed by atoms with E-state index in [0.717, 1.165) is 12.8 Å². The molecule has 2 N–H and O–H groups in total. The van der Waals surface area contributed by atoms with Crippen molar-refractivity contribution >= 4 is 35.6 Å². The number of carbonyl (C=O) groups is 3. The monoisotopic (exact) mass is 581 g/mol. The molecule has 0 aliphatic rings. The molecule has 0 spiro atoms. The van der Waals surface area contributed by atoms with Crippen LogP contribution in [0.25, 0.3) is 0 Å². The summed E-state index contributed by atoms with van der Waals surface area (Å²) >= 11 is 6.03. The highest BCUT2D eigenvalue weighted by atomic mass is 35.5. The van der Waals surface area contributed by atoms with Crippen LogP contribution in [-0.2, 0) is 4.79 Å². The van der Waals surface area contributed by atoms with Crippen molar-refractivity contribution in [3.63, 3.8) is 0 Å².